The Hall–Kier alpha value is -5.06. The number of piperidine rings is 1. The number of anilines is 2. The molecule has 2 aromatic heterocycles. The van der Waals surface area contributed by atoms with Crippen molar-refractivity contribution < 1.29 is 27.3 Å². The number of carbonyl (C=O) groups is 1. The van der Waals surface area contributed by atoms with Crippen molar-refractivity contribution in [3.05, 3.63) is 87.7 Å². The number of pyridine rings is 1. The zero-order valence-corrected chi connectivity index (χ0v) is 38.2. The predicted octanol–water partition coefficient (Wildman–Crippen LogP) is 8.54. The van der Waals surface area contributed by atoms with E-state index in [2.05, 4.69) is 50.6 Å². The van der Waals surface area contributed by atoms with E-state index in [1.165, 1.54) is 50.8 Å². The summed E-state index contributed by atoms with van der Waals surface area (Å²) in [5.74, 6) is 2.99. The highest BCUT2D eigenvalue weighted by Crippen LogP contribution is 2.63. The van der Waals surface area contributed by atoms with Gasteiger partial charge in [0.1, 0.15) is 28.5 Å². The molecule has 0 spiro atoms. The third-order valence-electron chi connectivity index (χ3n) is 14.9. The number of H-pyrrole nitrogens is 1. The molecule has 0 radical (unpaired) electrons. The third-order valence-corrected chi connectivity index (χ3v) is 16.2. The molecule has 4 aromatic rings. The summed E-state index contributed by atoms with van der Waals surface area (Å²) in [4.78, 5) is 39.2. The highest BCUT2D eigenvalue weighted by atomic mass is 32.2. The van der Waals surface area contributed by atoms with Gasteiger partial charge in [0.15, 0.2) is 0 Å². The van der Waals surface area contributed by atoms with E-state index < -0.39 is 37.1 Å². The molecule has 1 amide bonds. The van der Waals surface area contributed by atoms with Crippen LogP contribution in [0.25, 0.3) is 11.0 Å². The molecule has 2 saturated carbocycles. The van der Waals surface area contributed by atoms with Crippen molar-refractivity contribution in [2.45, 2.75) is 82.7 Å². The fourth-order valence-corrected chi connectivity index (χ4v) is 11.9. The van der Waals surface area contributed by atoms with Crippen molar-refractivity contribution in [1.82, 2.24) is 24.5 Å². The van der Waals surface area contributed by atoms with E-state index in [-0.39, 0.29) is 36.4 Å². The maximum atomic E-state index is 15.5. The number of hydrogen-bond donors (Lipinski definition) is 3. The summed E-state index contributed by atoms with van der Waals surface area (Å²) in [7, 11) is -2.71. The molecule has 0 bridgehead atoms. The van der Waals surface area contributed by atoms with Crippen LogP contribution in [0, 0.1) is 39.2 Å². The second-order valence-corrected chi connectivity index (χ2v) is 21.5. The van der Waals surface area contributed by atoms with Gasteiger partial charge in [0.05, 0.1) is 21.6 Å². The Kier molecular flexibility index (Phi) is 12.0. The van der Waals surface area contributed by atoms with Crippen LogP contribution in [0.15, 0.2) is 77.0 Å². The molecule has 14 nitrogen and oxygen atoms in total. The number of sulfonamides is 1. The van der Waals surface area contributed by atoms with E-state index in [1.807, 2.05) is 18.0 Å². The van der Waals surface area contributed by atoms with Crippen LogP contribution in [0.5, 0.6) is 11.5 Å². The van der Waals surface area contributed by atoms with Gasteiger partial charge in [0, 0.05) is 81.8 Å². The maximum Gasteiger partial charge on any atom is 0.293 e. The molecular formula is C48H61FN8O6S. The van der Waals surface area contributed by atoms with E-state index in [4.69, 9.17) is 4.74 Å². The minimum Gasteiger partial charge on any atom is -0.455 e. The van der Waals surface area contributed by atoms with Crippen molar-refractivity contribution in [3.63, 3.8) is 0 Å². The van der Waals surface area contributed by atoms with Crippen LogP contribution < -0.4 is 19.7 Å². The van der Waals surface area contributed by atoms with Crippen LogP contribution in [0.3, 0.4) is 0 Å². The molecule has 9 rings (SSSR count). The number of rotatable bonds is 14. The van der Waals surface area contributed by atoms with Crippen molar-refractivity contribution >= 4 is 44.0 Å². The summed E-state index contributed by atoms with van der Waals surface area (Å²) >= 11 is 0. The number of halogens is 1. The van der Waals surface area contributed by atoms with E-state index in [0.29, 0.717) is 29.9 Å². The average Bonchev–Trinajstić information content (AvgIpc) is 3.76. The topological polar surface area (TPSA) is 166 Å². The lowest BCUT2D eigenvalue weighted by atomic mass is 9.69. The third kappa shape index (κ3) is 9.36. The van der Waals surface area contributed by atoms with Gasteiger partial charge >= 0.3 is 0 Å². The normalized spacial score (nSPS) is 24.7. The lowest BCUT2D eigenvalue weighted by Gasteiger charge is -2.40. The van der Waals surface area contributed by atoms with Gasteiger partial charge in [-0.2, -0.15) is 0 Å². The second kappa shape index (κ2) is 17.4. The van der Waals surface area contributed by atoms with Crippen LogP contribution in [0.1, 0.15) is 82.5 Å². The van der Waals surface area contributed by atoms with Crippen LogP contribution in [0.4, 0.5) is 21.5 Å². The number of nitrogens with one attached hydrogen (secondary N) is 3. The van der Waals surface area contributed by atoms with Crippen LogP contribution in [0.2, 0.25) is 0 Å². The van der Waals surface area contributed by atoms with Gasteiger partial charge in [-0.15, -0.1) is 0 Å². The number of benzene rings is 2. The summed E-state index contributed by atoms with van der Waals surface area (Å²) in [5.41, 5.74) is 3.11. The minimum atomic E-state index is -4.62. The summed E-state index contributed by atoms with van der Waals surface area (Å²) in [6.45, 7) is 12.5. The minimum absolute atomic E-state index is 0.0170. The quantitative estimate of drug-likeness (QED) is 0.0631. The molecule has 3 aliphatic carbocycles. The number of aromatic amines is 1. The number of likely N-dealkylation sites (tertiary alicyclic amines) is 1. The first-order valence-electron chi connectivity index (χ1n) is 23.0. The molecule has 16 heteroatoms. The van der Waals surface area contributed by atoms with Crippen LogP contribution in [-0.4, -0.2) is 104 Å². The first kappa shape index (κ1) is 44.2. The maximum absolute atomic E-state index is 15.5. The Labute approximate surface area is 375 Å². The molecule has 3 N–H and O–H groups in total. The summed E-state index contributed by atoms with van der Waals surface area (Å²) in [6, 6.07) is 12.0. The van der Waals surface area contributed by atoms with Gasteiger partial charge < -0.3 is 24.8 Å². The van der Waals surface area contributed by atoms with Crippen LogP contribution >= 0.6 is 0 Å². The summed E-state index contributed by atoms with van der Waals surface area (Å²) in [6.07, 6.45) is 11.5. The lowest BCUT2D eigenvalue weighted by molar-refractivity contribution is -0.384. The number of allylic oxidation sites excluding steroid dienone is 1. The number of hydrogen-bond acceptors (Lipinski definition) is 11. The zero-order chi connectivity index (χ0) is 45.0. The fraction of sp³-hybridized carbons (Fsp3) is 0.542. The standard InChI is InChI=1S/C48H61FN8O6S/c1-5-31-23-39(40-26-38(31)40)41-27-47(2,3)12-10-33(41)29-55-18-20-56(21-19-55)34-6-8-37(44(24-34)63-35-22-32-11-15-50-45(32)51-28-35)46(58)53-64(61,62)36-7-9-42(43(25-36)57(59)60)52-30-48(49)13-16-54(4)17-14-48/h6-9,11,15,22,24-25,28,31,38-40,52H,5,10,12-14,16-21,23,26-27,29-30H2,1-4H3,(H,50,51)(H,53,58)/t31-,38?,39?,40?/m0/s1. The predicted molar refractivity (Wildman–Crippen MR) is 246 cm³/mol. The van der Waals surface area contributed by atoms with Gasteiger partial charge in [0.25, 0.3) is 21.6 Å². The van der Waals surface area contributed by atoms with Crippen molar-refractivity contribution in [1.29, 1.82) is 0 Å². The number of piperazine rings is 1. The molecule has 5 aliphatic rings. The van der Waals surface area contributed by atoms with Crippen molar-refractivity contribution in [2.24, 2.45) is 29.1 Å². The van der Waals surface area contributed by atoms with Gasteiger partial charge in [0.2, 0.25) is 0 Å². The molecule has 3 unspecified atom stereocenters. The number of aromatic nitrogens is 2. The number of nitro benzene ring substituents is 1. The SMILES string of the molecule is CC[C@H]1CC(C2=C(CN3CCN(c4ccc(C(=O)NS(=O)(=O)c5ccc(NCC6(F)CCN(C)CC6)c([N+](=O)[O-])c5)c(Oc5cnc6[nH]ccc6c5)c4)CC3)CCC(C)(C)C2)C2CC21. The number of nitro groups is 1. The fourth-order valence-electron chi connectivity index (χ4n) is 10.9. The Morgan fingerprint density at radius 2 is 1.80 bits per heavy atom. The van der Waals surface area contributed by atoms with Gasteiger partial charge in [-0.3, -0.25) is 19.8 Å². The summed E-state index contributed by atoms with van der Waals surface area (Å²) in [5, 5.41) is 15.8. The smallest absolute Gasteiger partial charge is 0.293 e. The molecule has 4 fully saturated rings. The molecular weight excluding hydrogens is 836 g/mol. The average molecular weight is 897 g/mol. The highest BCUT2D eigenvalue weighted by Gasteiger charge is 2.55. The molecule has 2 saturated heterocycles. The van der Waals surface area contributed by atoms with Gasteiger partial charge in [-0.05, 0) is 117 Å². The first-order valence-corrected chi connectivity index (χ1v) is 24.5. The van der Waals surface area contributed by atoms with Crippen LogP contribution in [-0.2, 0) is 10.0 Å². The number of carbonyl (C=O) groups excluding carboxylic acids is 1. The zero-order valence-electron chi connectivity index (χ0n) is 37.4. The first-order chi connectivity index (χ1) is 30.6. The number of fused-ring (bicyclic) bond motifs is 2. The number of alkyl halides is 1. The highest BCUT2D eigenvalue weighted by molar-refractivity contribution is 7.90. The Bertz CT molecular complexity index is 2560. The Morgan fingerprint density at radius 1 is 1.02 bits per heavy atom. The lowest BCUT2D eigenvalue weighted by Crippen LogP contribution is -2.47. The Balaban J connectivity index is 0.917. The van der Waals surface area contributed by atoms with E-state index in [1.54, 1.807) is 41.6 Å². The molecule has 2 aromatic carbocycles. The molecule has 64 heavy (non-hydrogen) atoms. The second-order valence-electron chi connectivity index (χ2n) is 19.9. The monoisotopic (exact) mass is 896 g/mol. The molecule has 4 heterocycles. The van der Waals surface area contributed by atoms with E-state index >= 15 is 4.39 Å². The van der Waals surface area contributed by atoms with Crippen molar-refractivity contribution in [3.8, 4) is 11.5 Å². The summed E-state index contributed by atoms with van der Waals surface area (Å²) < 4.78 is 51.4. The number of ether oxygens (including phenoxy) is 1. The number of amides is 1. The van der Waals surface area contributed by atoms with E-state index in [0.717, 1.165) is 79.6 Å². The molecule has 2 aliphatic heterocycles. The number of nitrogens with zero attached hydrogens (tertiary/aromatic N) is 5. The van der Waals surface area contributed by atoms with Gasteiger partial charge in [-0.25, -0.2) is 22.5 Å². The largest absolute Gasteiger partial charge is 0.455 e. The van der Waals surface area contributed by atoms with E-state index in [9.17, 15) is 23.3 Å². The molecule has 342 valence electrons. The molecule has 4 atom stereocenters. The van der Waals surface area contributed by atoms with Crippen molar-refractivity contribution in [2.75, 3.05) is 69.6 Å². The van der Waals surface area contributed by atoms with Gasteiger partial charge in [-0.1, -0.05) is 38.3 Å². The Morgan fingerprint density at radius 3 is 2.53 bits per heavy atom.